The van der Waals surface area contributed by atoms with Gasteiger partial charge in [-0.3, -0.25) is 10.1 Å². The Labute approximate surface area is 111 Å². The van der Waals surface area contributed by atoms with Crippen LogP contribution in [0.4, 0.5) is 10.5 Å². The second-order valence-electron chi connectivity index (χ2n) is 5.33. The van der Waals surface area contributed by atoms with Gasteiger partial charge in [0, 0.05) is 0 Å². The van der Waals surface area contributed by atoms with Gasteiger partial charge < -0.3 is 9.84 Å². The summed E-state index contributed by atoms with van der Waals surface area (Å²) in [5.41, 5.74) is 2.25. The third-order valence-corrected chi connectivity index (χ3v) is 3.62. The van der Waals surface area contributed by atoms with Crippen LogP contribution in [0.25, 0.3) is 0 Å². The lowest BCUT2D eigenvalue weighted by atomic mass is 9.91. The van der Waals surface area contributed by atoms with Gasteiger partial charge in [-0.1, -0.05) is 0 Å². The van der Waals surface area contributed by atoms with Gasteiger partial charge in [0.25, 0.3) is 0 Å². The molecule has 5 nitrogen and oxygen atoms in total. The largest absolute Gasteiger partial charge is 0.479 e. The van der Waals surface area contributed by atoms with Gasteiger partial charge in [-0.2, -0.15) is 0 Å². The molecule has 0 aliphatic carbocycles. The summed E-state index contributed by atoms with van der Waals surface area (Å²) in [4.78, 5) is 23.2. The van der Waals surface area contributed by atoms with Crippen LogP contribution in [0.5, 0.6) is 5.75 Å². The molecule has 0 spiro atoms. The predicted molar refractivity (Wildman–Crippen MR) is 71.3 cm³/mol. The van der Waals surface area contributed by atoms with Crippen molar-refractivity contribution in [2.45, 2.75) is 40.2 Å². The van der Waals surface area contributed by atoms with Gasteiger partial charge >= 0.3 is 6.09 Å². The van der Waals surface area contributed by atoms with Gasteiger partial charge in [-0.05, 0) is 51.3 Å². The standard InChI is InChI=1S/C14H17NO4/c1-6-7(2)11-9(12(16)14(4,5)19-11)8(3)10(6)15-13(17)18/h15H,1-5H3,(H,17,18). The van der Waals surface area contributed by atoms with Crippen LogP contribution in [0.3, 0.4) is 0 Å². The van der Waals surface area contributed by atoms with Crippen LogP contribution in [0.15, 0.2) is 0 Å². The summed E-state index contributed by atoms with van der Waals surface area (Å²) in [6, 6.07) is 0. The molecule has 0 radical (unpaired) electrons. The van der Waals surface area contributed by atoms with Crippen LogP contribution >= 0.6 is 0 Å². The van der Waals surface area contributed by atoms with Crippen molar-refractivity contribution in [1.29, 1.82) is 0 Å². The third kappa shape index (κ3) is 1.85. The molecule has 0 fully saturated rings. The number of rotatable bonds is 1. The number of anilines is 1. The summed E-state index contributed by atoms with van der Waals surface area (Å²) in [7, 11) is 0. The number of nitrogens with one attached hydrogen (secondary N) is 1. The van der Waals surface area contributed by atoms with Crippen molar-refractivity contribution in [2.24, 2.45) is 0 Å². The first-order chi connectivity index (χ1) is 8.66. The first kappa shape index (κ1) is 13.4. The number of carbonyl (C=O) groups is 2. The molecule has 0 unspecified atom stereocenters. The Morgan fingerprint density at radius 1 is 1.16 bits per heavy atom. The molecule has 2 rings (SSSR count). The fourth-order valence-electron chi connectivity index (χ4n) is 2.42. The van der Waals surface area contributed by atoms with Gasteiger partial charge in [-0.25, -0.2) is 4.79 Å². The van der Waals surface area contributed by atoms with Crippen molar-refractivity contribution in [1.82, 2.24) is 0 Å². The molecule has 2 N–H and O–H groups in total. The highest BCUT2D eigenvalue weighted by Crippen LogP contribution is 2.44. The zero-order chi connectivity index (χ0) is 14.5. The number of Topliss-reactive ketones (excluding diaryl/α,β-unsaturated/α-hetero) is 1. The van der Waals surface area contributed by atoms with E-state index in [1.54, 1.807) is 20.8 Å². The van der Waals surface area contributed by atoms with E-state index >= 15 is 0 Å². The molecule has 1 aliphatic heterocycles. The van der Waals surface area contributed by atoms with Crippen LogP contribution in [-0.2, 0) is 0 Å². The number of fused-ring (bicyclic) bond motifs is 1. The molecule has 0 bridgehead atoms. The highest BCUT2D eigenvalue weighted by Gasteiger charge is 2.42. The van der Waals surface area contributed by atoms with Gasteiger partial charge in [-0.15, -0.1) is 0 Å². The second kappa shape index (κ2) is 3.98. The molecule has 1 heterocycles. The van der Waals surface area contributed by atoms with E-state index in [0.29, 0.717) is 22.6 Å². The minimum atomic E-state index is -1.14. The number of hydrogen-bond donors (Lipinski definition) is 2. The summed E-state index contributed by atoms with van der Waals surface area (Å²) in [5.74, 6) is 0.456. The molecular weight excluding hydrogens is 246 g/mol. The van der Waals surface area contributed by atoms with Crippen molar-refractivity contribution in [2.75, 3.05) is 5.32 Å². The molecule has 19 heavy (non-hydrogen) atoms. The molecule has 1 amide bonds. The average Bonchev–Trinajstić information content (AvgIpc) is 2.54. The molecule has 0 saturated heterocycles. The number of carboxylic acid groups (broad SMARTS) is 1. The van der Waals surface area contributed by atoms with Crippen molar-refractivity contribution in [3.63, 3.8) is 0 Å². The first-order valence-electron chi connectivity index (χ1n) is 6.04. The van der Waals surface area contributed by atoms with E-state index in [9.17, 15) is 9.59 Å². The molecule has 0 saturated carbocycles. The summed E-state index contributed by atoms with van der Waals surface area (Å²) in [5, 5.41) is 11.3. The first-order valence-corrected chi connectivity index (χ1v) is 6.04. The lowest BCUT2D eigenvalue weighted by Crippen LogP contribution is -2.32. The van der Waals surface area contributed by atoms with Gasteiger partial charge in [0.2, 0.25) is 5.78 Å². The van der Waals surface area contributed by atoms with Crippen molar-refractivity contribution < 1.29 is 19.4 Å². The van der Waals surface area contributed by atoms with Gasteiger partial charge in [0.1, 0.15) is 5.75 Å². The third-order valence-electron chi connectivity index (χ3n) is 3.62. The highest BCUT2D eigenvalue weighted by molar-refractivity contribution is 6.10. The molecule has 1 aliphatic rings. The SMILES string of the molecule is Cc1c(C)c2c(c(C)c1NC(=O)O)C(=O)C(C)(C)O2. The summed E-state index contributed by atoms with van der Waals surface area (Å²) < 4.78 is 5.73. The van der Waals surface area contributed by atoms with Gasteiger partial charge in [0.05, 0.1) is 11.3 Å². The number of benzene rings is 1. The van der Waals surface area contributed by atoms with E-state index in [2.05, 4.69) is 5.32 Å². The second-order valence-corrected chi connectivity index (χ2v) is 5.33. The number of hydrogen-bond acceptors (Lipinski definition) is 3. The highest BCUT2D eigenvalue weighted by atomic mass is 16.5. The summed E-state index contributed by atoms with van der Waals surface area (Å²) >= 11 is 0. The van der Waals surface area contributed by atoms with E-state index in [0.717, 1.165) is 11.1 Å². The lowest BCUT2D eigenvalue weighted by Gasteiger charge is -2.17. The van der Waals surface area contributed by atoms with E-state index in [1.807, 2.05) is 13.8 Å². The summed E-state index contributed by atoms with van der Waals surface area (Å²) in [6.45, 7) is 8.81. The molecule has 5 heteroatoms. The minimum absolute atomic E-state index is 0.114. The summed E-state index contributed by atoms with van der Waals surface area (Å²) in [6.07, 6.45) is -1.14. The molecule has 1 aromatic carbocycles. The minimum Gasteiger partial charge on any atom is -0.479 e. The van der Waals surface area contributed by atoms with E-state index in [4.69, 9.17) is 9.84 Å². The van der Waals surface area contributed by atoms with Crippen LogP contribution in [0.2, 0.25) is 0 Å². The Morgan fingerprint density at radius 3 is 2.26 bits per heavy atom. The fourth-order valence-corrected chi connectivity index (χ4v) is 2.42. The normalized spacial score (nSPS) is 15.9. The van der Waals surface area contributed by atoms with Crippen molar-refractivity contribution in [3.8, 4) is 5.75 Å². The number of ketones is 1. The predicted octanol–water partition coefficient (Wildman–Crippen LogP) is 3.06. The van der Waals surface area contributed by atoms with E-state index in [-0.39, 0.29) is 5.78 Å². The van der Waals surface area contributed by atoms with Crippen LogP contribution in [0.1, 0.15) is 40.9 Å². The topological polar surface area (TPSA) is 75.6 Å². The molecular formula is C14H17NO4. The maximum Gasteiger partial charge on any atom is 0.409 e. The van der Waals surface area contributed by atoms with Crippen LogP contribution in [0, 0.1) is 20.8 Å². The van der Waals surface area contributed by atoms with Gasteiger partial charge in [0.15, 0.2) is 5.60 Å². The maximum absolute atomic E-state index is 12.3. The number of amides is 1. The van der Waals surface area contributed by atoms with E-state index in [1.165, 1.54) is 0 Å². The monoisotopic (exact) mass is 263 g/mol. The molecule has 0 aromatic heterocycles. The zero-order valence-electron chi connectivity index (χ0n) is 11.7. The Balaban J connectivity index is 2.73. The average molecular weight is 263 g/mol. The Kier molecular flexibility index (Phi) is 2.81. The number of ether oxygens (including phenoxy) is 1. The smallest absolute Gasteiger partial charge is 0.409 e. The van der Waals surface area contributed by atoms with Crippen LogP contribution < -0.4 is 10.1 Å². The Morgan fingerprint density at radius 2 is 1.74 bits per heavy atom. The van der Waals surface area contributed by atoms with Crippen molar-refractivity contribution >= 4 is 17.6 Å². The molecule has 1 aromatic rings. The van der Waals surface area contributed by atoms with E-state index < -0.39 is 11.7 Å². The fraction of sp³-hybridized carbons (Fsp3) is 0.429. The van der Waals surface area contributed by atoms with Crippen molar-refractivity contribution in [3.05, 3.63) is 22.3 Å². The Hall–Kier alpha value is -2.04. The van der Waals surface area contributed by atoms with Crippen LogP contribution in [-0.4, -0.2) is 22.6 Å². The molecule has 102 valence electrons. The maximum atomic E-state index is 12.3. The number of carbonyl (C=O) groups excluding carboxylic acids is 1. The molecule has 0 atom stereocenters. The zero-order valence-corrected chi connectivity index (χ0v) is 11.7. The Bertz CT molecular complexity index is 602. The lowest BCUT2D eigenvalue weighted by molar-refractivity contribution is 0.0683. The quantitative estimate of drug-likeness (QED) is 0.816.